The predicted octanol–water partition coefficient (Wildman–Crippen LogP) is 2.55. The van der Waals surface area contributed by atoms with Crippen LogP contribution in [0.2, 0.25) is 0 Å². The molecule has 18 heavy (non-hydrogen) atoms. The molecular formula is C14H26N2O2. The van der Waals surface area contributed by atoms with Crippen LogP contribution in [0.1, 0.15) is 40.5 Å². The molecule has 0 aliphatic carbocycles. The normalized spacial score (nSPS) is 21.3. The average Bonchev–Trinajstić information content (AvgIpc) is 2.27. The van der Waals surface area contributed by atoms with Gasteiger partial charge in [-0.05, 0) is 27.2 Å². The second kappa shape index (κ2) is 6.78. The van der Waals surface area contributed by atoms with Gasteiger partial charge in [0.05, 0.1) is 6.04 Å². The fourth-order valence-electron chi connectivity index (χ4n) is 1.86. The minimum absolute atomic E-state index is 0.111. The summed E-state index contributed by atoms with van der Waals surface area (Å²) in [5, 5.41) is 3.31. The Balaban J connectivity index is 2.61. The number of hydrogen-bond donors (Lipinski definition) is 1. The molecule has 1 amide bonds. The molecule has 0 spiro atoms. The van der Waals surface area contributed by atoms with Crippen LogP contribution in [0.25, 0.3) is 0 Å². The lowest BCUT2D eigenvalue weighted by Crippen LogP contribution is -2.53. The molecule has 1 aliphatic heterocycles. The number of unbranched alkanes of at least 4 members (excludes halogenated alkanes) is 1. The van der Waals surface area contributed by atoms with Crippen molar-refractivity contribution in [2.45, 2.75) is 52.2 Å². The molecule has 104 valence electrons. The molecule has 4 heteroatoms. The molecule has 1 atom stereocenters. The Morgan fingerprint density at radius 3 is 2.83 bits per heavy atom. The van der Waals surface area contributed by atoms with Crippen molar-refractivity contribution in [1.29, 1.82) is 0 Å². The third-order valence-electron chi connectivity index (χ3n) is 2.72. The van der Waals surface area contributed by atoms with Crippen molar-refractivity contribution >= 4 is 6.09 Å². The molecule has 1 rings (SSSR count). The van der Waals surface area contributed by atoms with E-state index in [0.29, 0.717) is 6.54 Å². The first-order valence-corrected chi connectivity index (χ1v) is 6.81. The van der Waals surface area contributed by atoms with Crippen molar-refractivity contribution < 1.29 is 9.53 Å². The fraction of sp³-hybridized carbons (Fsp3) is 0.786. The first-order chi connectivity index (χ1) is 8.44. The van der Waals surface area contributed by atoms with E-state index in [4.69, 9.17) is 4.74 Å². The first-order valence-electron chi connectivity index (χ1n) is 6.81. The second-order valence-corrected chi connectivity index (χ2v) is 5.66. The summed E-state index contributed by atoms with van der Waals surface area (Å²) in [5.41, 5.74) is -0.431. The molecule has 0 aromatic rings. The Kier molecular flexibility index (Phi) is 5.66. The Morgan fingerprint density at radius 2 is 2.22 bits per heavy atom. The van der Waals surface area contributed by atoms with E-state index in [1.807, 2.05) is 25.7 Å². The summed E-state index contributed by atoms with van der Waals surface area (Å²) >= 11 is 0. The van der Waals surface area contributed by atoms with Crippen molar-refractivity contribution in [3.8, 4) is 0 Å². The third-order valence-corrected chi connectivity index (χ3v) is 2.72. The Labute approximate surface area is 110 Å². The molecule has 0 aromatic carbocycles. The zero-order valence-corrected chi connectivity index (χ0v) is 12.0. The van der Waals surface area contributed by atoms with Crippen LogP contribution in [0.3, 0.4) is 0 Å². The SMILES string of the molecule is CCC/C=C/C1CNCCN1C(=O)OC(C)(C)C. The molecule has 1 heterocycles. The highest BCUT2D eigenvalue weighted by molar-refractivity contribution is 5.69. The maximum absolute atomic E-state index is 12.1. The topological polar surface area (TPSA) is 41.6 Å². The molecule has 0 bridgehead atoms. The van der Waals surface area contributed by atoms with Gasteiger partial charge in [-0.15, -0.1) is 0 Å². The molecule has 0 radical (unpaired) electrons. The molecule has 0 aromatic heterocycles. The van der Waals surface area contributed by atoms with Gasteiger partial charge >= 0.3 is 6.09 Å². The molecule has 0 saturated carbocycles. The minimum Gasteiger partial charge on any atom is -0.444 e. The van der Waals surface area contributed by atoms with Crippen LogP contribution in [0.4, 0.5) is 4.79 Å². The molecule has 1 aliphatic rings. The molecule has 1 N–H and O–H groups in total. The monoisotopic (exact) mass is 254 g/mol. The van der Waals surface area contributed by atoms with Gasteiger partial charge in [0.25, 0.3) is 0 Å². The lowest BCUT2D eigenvalue weighted by atomic mass is 10.1. The number of piperazine rings is 1. The van der Waals surface area contributed by atoms with E-state index in [1.54, 1.807) is 0 Å². The Hall–Kier alpha value is -1.03. The summed E-state index contributed by atoms with van der Waals surface area (Å²) in [7, 11) is 0. The highest BCUT2D eigenvalue weighted by Crippen LogP contribution is 2.14. The van der Waals surface area contributed by atoms with E-state index in [9.17, 15) is 4.79 Å². The lowest BCUT2D eigenvalue weighted by molar-refractivity contribution is 0.0167. The number of carbonyl (C=O) groups excluding carboxylic acids is 1. The van der Waals surface area contributed by atoms with E-state index >= 15 is 0 Å². The summed E-state index contributed by atoms with van der Waals surface area (Å²) in [4.78, 5) is 13.9. The number of nitrogens with one attached hydrogen (secondary N) is 1. The number of amides is 1. The van der Waals surface area contributed by atoms with Crippen molar-refractivity contribution in [3.05, 3.63) is 12.2 Å². The molecule has 1 unspecified atom stereocenters. The van der Waals surface area contributed by atoms with Crippen LogP contribution in [0.15, 0.2) is 12.2 Å². The van der Waals surface area contributed by atoms with Gasteiger partial charge in [0.15, 0.2) is 0 Å². The first kappa shape index (κ1) is 15.0. The Bertz CT molecular complexity index is 295. The van der Waals surface area contributed by atoms with Crippen molar-refractivity contribution in [1.82, 2.24) is 10.2 Å². The highest BCUT2D eigenvalue weighted by Gasteiger charge is 2.28. The summed E-state index contributed by atoms with van der Waals surface area (Å²) < 4.78 is 5.44. The van der Waals surface area contributed by atoms with Crippen molar-refractivity contribution in [3.63, 3.8) is 0 Å². The van der Waals surface area contributed by atoms with Crippen LogP contribution in [-0.4, -0.2) is 42.3 Å². The van der Waals surface area contributed by atoms with E-state index in [0.717, 1.165) is 25.9 Å². The van der Waals surface area contributed by atoms with Crippen LogP contribution in [0, 0.1) is 0 Å². The standard InChI is InChI=1S/C14H26N2O2/c1-5-6-7-8-12-11-15-9-10-16(12)13(17)18-14(2,3)4/h7-8,12,15H,5-6,9-11H2,1-4H3/b8-7+. The van der Waals surface area contributed by atoms with Crippen molar-refractivity contribution in [2.24, 2.45) is 0 Å². The quantitative estimate of drug-likeness (QED) is 0.787. The van der Waals surface area contributed by atoms with E-state index in [1.165, 1.54) is 0 Å². The summed E-state index contributed by atoms with van der Waals surface area (Å²) in [6, 6.07) is 0.111. The average molecular weight is 254 g/mol. The number of ether oxygens (including phenoxy) is 1. The molecule has 1 saturated heterocycles. The Morgan fingerprint density at radius 1 is 1.50 bits per heavy atom. The van der Waals surface area contributed by atoms with Gasteiger partial charge in [0.1, 0.15) is 5.60 Å². The van der Waals surface area contributed by atoms with Gasteiger partial charge in [-0.3, -0.25) is 4.90 Å². The minimum atomic E-state index is -0.431. The smallest absolute Gasteiger partial charge is 0.410 e. The summed E-state index contributed by atoms with van der Waals surface area (Å²) in [6.45, 7) is 10.2. The highest BCUT2D eigenvalue weighted by atomic mass is 16.6. The van der Waals surface area contributed by atoms with Crippen LogP contribution >= 0.6 is 0 Å². The number of carbonyl (C=O) groups is 1. The van der Waals surface area contributed by atoms with E-state index in [-0.39, 0.29) is 12.1 Å². The molecule has 4 nitrogen and oxygen atoms in total. The summed E-state index contributed by atoms with van der Waals surface area (Å²) in [5.74, 6) is 0. The van der Waals surface area contributed by atoms with Crippen LogP contribution in [0.5, 0.6) is 0 Å². The number of nitrogens with zero attached hydrogens (tertiary/aromatic N) is 1. The van der Waals surface area contributed by atoms with Gasteiger partial charge in [-0.1, -0.05) is 25.5 Å². The lowest BCUT2D eigenvalue weighted by Gasteiger charge is -2.35. The van der Waals surface area contributed by atoms with Gasteiger partial charge in [-0.2, -0.15) is 0 Å². The third kappa shape index (κ3) is 5.08. The number of allylic oxidation sites excluding steroid dienone is 1. The zero-order chi connectivity index (χ0) is 13.6. The van der Waals surface area contributed by atoms with Crippen LogP contribution < -0.4 is 5.32 Å². The predicted molar refractivity (Wildman–Crippen MR) is 73.6 cm³/mol. The van der Waals surface area contributed by atoms with Crippen LogP contribution in [-0.2, 0) is 4.74 Å². The number of hydrogen-bond acceptors (Lipinski definition) is 3. The molecule has 1 fully saturated rings. The van der Waals surface area contributed by atoms with Gasteiger partial charge < -0.3 is 10.1 Å². The van der Waals surface area contributed by atoms with Crippen molar-refractivity contribution in [2.75, 3.05) is 19.6 Å². The fourth-order valence-corrected chi connectivity index (χ4v) is 1.86. The zero-order valence-electron chi connectivity index (χ0n) is 12.0. The van der Waals surface area contributed by atoms with E-state index in [2.05, 4.69) is 24.4 Å². The van der Waals surface area contributed by atoms with Gasteiger partial charge in [0, 0.05) is 19.6 Å². The second-order valence-electron chi connectivity index (χ2n) is 5.66. The van der Waals surface area contributed by atoms with Gasteiger partial charge in [-0.25, -0.2) is 4.79 Å². The maximum atomic E-state index is 12.1. The maximum Gasteiger partial charge on any atom is 0.410 e. The van der Waals surface area contributed by atoms with Gasteiger partial charge in [0.2, 0.25) is 0 Å². The number of rotatable bonds is 3. The summed E-state index contributed by atoms with van der Waals surface area (Å²) in [6.07, 6.45) is 6.23. The largest absolute Gasteiger partial charge is 0.444 e. The molecular weight excluding hydrogens is 228 g/mol. The van der Waals surface area contributed by atoms with E-state index < -0.39 is 5.60 Å².